The highest BCUT2D eigenvalue weighted by atomic mass is 79.9. The number of hydrogen-bond donors (Lipinski definition) is 1. The van der Waals surface area contributed by atoms with Crippen LogP contribution in [0.1, 0.15) is 35.4 Å². The SMILES string of the molecule is O=C(O)C1CCC(C(=O)c2ccc(Br)s2)CC1. The van der Waals surface area contributed by atoms with Gasteiger partial charge in [0.05, 0.1) is 14.6 Å². The first-order valence-corrected chi connectivity index (χ1v) is 7.21. The first-order chi connectivity index (χ1) is 8.08. The van der Waals surface area contributed by atoms with Crippen molar-refractivity contribution in [1.29, 1.82) is 0 Å². The number of halogens is 1. The van der Waals surface area contributed by atoms with Gasteiger partial charge in [-0.25, -0.2) is 0 Å². The number of rotatable bonds is 3. The van der Waals surface area contributed by atoms with Crippen molar-refractivity contribution in [3.8, 4) is 0 Å². The van der Waals surface area contributed by atoms with Gasteiger partial charge in [0.2, 0.25) is 0 Å². The molecule has 0 bridgehead atoms. The van der Waals surface area contributed by atoms with E-state index in [2.05, 4.69) is 15.9 Å². The first-order valence-electron chi connectivity index (χ1n) is 5.60. The number of aliphatic carboxylic acids is 1. The maximum absolute atomic E-state index is 12.1. The summed E-state index contributed by atoms with van der Waals surface area (Å²) in [4.78, 5) is 23.7. The molecule has 17 heavy (non-hydrogen) atoms. The van der Waals surface area contributed by atoms with Gasteiger partial charge in [-0.15, -0.1) is 11.3 Å². The molecular formula is C12H13BrO3S. The van der Waals surface area contributed by atoms with Crippen molar-refractivity contribution in [2.24, 2.45) is 11.8 Å². The fraction of sp³-hybridized carbons (Fsp3) is 0.500. The van der Waals surface area contributed by atoms with Crippen LogP contribution in [0.4, 0.5) is 0 Å². The quantitative estimate of drug-likeness (QED) is 0.867. The molecule has 0 aromatic carbocycles. The lowest BCUT2D eigenvalue weighted by Crippen LogP contribution is -2.25. The van der Waals surface area contributed by atoms with E-state index in [0.717, 1.165) is 8.66 Å². The van der Waals surface area contributed by atoms with Crippen LogP contribution in [0.2, 0.25) is 0 Å². The number of carboxylic acid groups (broad SMARTS) is 1. The van der Waals surface area contributed by atoms with Crippen molar-refractivity contribution in [2.75, 3.05) is 0 Å². The van der Waals surface area contributed by atoms with Crippen LogP contribution in [0.5, 0.6) is 0 Å². The molecule has 0 aliphatic heterocycles. The van der Waals surface area contributed by atoms with Crippen molar-refractivity contribution in [3.05, 3.63) is 20.8 Å². The molecule has 92 valence electrons. The van der Waals surface area contributed by atoms with Gasteiger partial charge in [0, 0.05) is 5.92 Å². The average Bonchev–Trinajstić information content (AvgIpc) is 2.75. The summed E-state index contributed by atoms with van der Waals surface area (Å²) in [6.07, 6.45) is 2.65. The lowest BCUT2D eigenvalue weighted by molar-refractivity contribution is -0.143. The summed E-state index contributed by atoms with van der Waals surface area (Å²) in [5.41, 5.74) is 0. The van der Waals surface area contributed by atoms with Crippen molar-refractivity contribution in [2.45, 2.75) is 25.7 Å². The molecule has 0 saturated heterocycles. The number of carbonyl (C=O) groups is 2. The number of carbonyl (C=O) groups excluding carboxylic acids is 1. The normalized spacial score (nSPS) is 24.5. The third-order valence-corrected chi connectivity index (χ3v) is 4.90. The zero-order chi connectivity index (χ0) is 12.4. The lowest BCUT2D eigenvalue weighted by atomic mass is 9.80. The predicted octanol–water partition coefficient (Wildman–Crippen LogP) is 3.58. The van der Waals surface area contributed by atoms with Crippen LogP contribution < -0.4 is 0 Å². The van der Waals surface area contributed by atoms with E-state index in [1.165, 1.54) is 11.3 Å². The van der Waals surface area contributed by atoms with Gasteiger partial charge in [0.1, 0.15) is 0 Å². The molecule has 1 aromatic heterocycles. The minimum atomic E-state index is -0.727. The number of carboxylic acids is 1. The highest BCUT2D eigenvalue weighted by molar-refractivity contribution is 9.11. The summed E-state index contributed by atoms with van der Waals surface area (Å²) in [6.45, 7) is 0. The van der Waals surface area contributed by atoms with Crippen LogP contribution >= 0.6 is 27.3 Å². The molecule has 0 unspecified atom stereocenters. The first kappa shape index (κ1) is 12.8. The molecule has 2 rings (SSSR count). The van der Waals surface area contributed by atoms with Gasteiger partial charge in [-0.05, 0) is 53.7 Å². The number of ketones is 1. The fourth-order valence-electron chi connectivity index (χ4n) is 2.25. The molecule has 1 aromatic rings. The Morgan fingerprint density at radius 3 is 2.24 bits per heavy atom. The van der Waals surface area contributed by atoms with Crippen LogP contribution in [-0.2, 0) is 4.79 Å². The summed E-state index contributed by atoms with van der Waals surface area (Å²) in [7, 11) is 0. The van der Waals surface area contributed by atoms with E-state index in [1.54, 1.807) is 0 Å². The summed E-state index contributed by atoms with van der Waals surface area (Å²) in [5, 5.41) is 8.89. The number of thiophene rings is 1. The molecule has 1 N–H and O–H groups in total. The van der Waals surface area contributed by atoms with E-state index in [-0.39, 0.29) is 17.6 Å². The maximum Gasteiger partial charge on any atom is 0.306 e. The molecule has 5 heteroatoms. The lowest BCUT2D eigenvalue weighted by Gasteiger charge is -2.24. The zero-order valence-electron chi connectivity index (χ0n) is 9.19. The van der Waals surface area contributed by atoms with E-state index in [4.69, 9.17) is 5.11 Å². The van der Waals surface area contributed by atoms with Crippen molar-refractivity contribution in [3.63, 3.8) is 0 Å². The van der Waals surface area contributed by atoms with Gasteiger partial charge in [0.25, 0.3) is 0 Å². The van der Waals surface area contributed by atoms with Crippen LogP contribution in [-0.4, -0.2) is 16.9 Å². The van der Waals surface area contributed by atoms with Gasteiger partial charge in [0.15, 0.2) is 5.78 Å². The molecule has 1 aliphatic rings. The van der Waals surface area contributed by atoms with Gasteiger partial charge in [-0.2, -0.15) is 0 Å². The number of hydrogen-bond acceptors (Lipinski definition) is 3. The standard InChI is InChI=1S/C12H13BrO3S/c13-10-6-5-9(17-10)11(14)7-1-3-8(4-2-7)12(15)16/h5-8H,1-4H2,(H,15,16). The molecule has 1 fully saturated rings. The Kier molecular flexibility index (Phi) is 3.99. The third kappa shape index (κ3) is 2.96. The second-order valence-corrected chi connectivity index (χ2v) is 6.82. The number of Topliss-reactive ketones (excluding diaryl/α,β-unsaturated/α-hetero) is 1. The molecular weight excluding hydrogens is 304 g/mol. The molecule has 3 nitrogen and oxygen atoms in total. The van der Waals surface area contributed by atoms with E-state index in [0.29, 0.717) is 25.7 Å². The molecule has 0 spiro atoms. The molecule has 0 amide bonds. The molecule has 0 radical (unpaired) electrons. The van der Waals surface area contributed by atoms with Gasteiger partial charge in [-0.3, -0.25) is 9.59 Å². The predicted molar refractivity (Wildman–Crippen MR) is 69.4 cm³/mol. The van der Waals surface area contributed by atoms with Crippen LogP contribution in [0.25, 0.3) is 0 Å². The third-order valence-electron chi connectivity index (χ3n) is 3.26. The van der Waals surface area contributed by atoms with Crippen LogP contribution in [0.3, 0.4) is 0 Å². The van der Waals surface area contributed by atoms with Gasteiger partial charge in [-0.1, -0.05) is 0 Å². The average molecular weight is 317 g/mol. The van der Waals surface area contributed by atoms with Crippen molar-refractivity contribution < 1.29 is 14.7 Å². The second kappa shape index (κ2) is 5.31. The van der Waals surface area contributed by atoms with E-state index in [9.17, 15) is 9.59 Å². The van der Waals surface area contributed by atoms with Crippen molar-refractivity contribution >= 4 is 39.0 Å². The smallest absolute Gasteiger partial charge is 0.306 e. The Hall–Kier alpha value is -0.680. The fourth-order valence-corrected chi connectivity index (χ4v) is 3.66. The van der Waals surface area contributed by atoms with Crippen LogP contribution in [0.15, 0.2) is 15.9 Å². The van der Waals surface area contributed by atoms with E-state index >= 15 is 0 Å². The summed E-state index contributed by atoms with van der Waals surface area (Å²) < 4.78 is 0.958. The van der Waals surface area contributed by atoms with Gasteiger partial charge >= 0.3 is 5.97 Å². The highest BCUT2D eigenvalue weighted by Gasteiger charge is 2.30. The second-order valence-electron chi connectivity index (χ2n) is 4.35. The van der Waals surface area contributed by atoms with E-state index in [1.807, 2.05) is 12.1 Å². The summed E-state index contributed by atoms with van der Waals surface area (Å²) in [6, 6.07) is 3.71. The molecule has 0 atom stereocenters. The monoisotopic (exact) mass is 316 g/mol. The molecule has 1 aliphatic carbocycles. The Balaban J connectivity index is 1.97. The minimum Gasteiger partial charge on any atom is -0.481 e. The Labute approximate surface area is 112 Å². The van der Waals surface area contributed by atoms with Crippen molar-refractivity contribution in [1.82, 2.24) is 0 Å². The highest BCUT2D eigenvalue weighted by Crippen LogP contribution is 2.33. The Morgan fingerprint density at radius 2 is 1.76 bits per heavy atom. The Morgan fingerprint density at radius 1 is 1.18 bits per heavy atom. The molecule has 1 saturated carbocycles. The Bertz CT molecular complexity index is 433. The van der Waals surface area contributed by atoms with Crippen LogP contribution in [0, 0.1) is 11.8 Å². The van der Waals surface area contributed by atoms with E-state index < -0.39 is 5.97 Å². The summed E-state index contributed by atoms with van der Waals surface area (Å²) >= 11 is 4.79. The topological polar surface area (TPSA) is 54.4 Å². The maximum atomic E-state index is 12.1. The minimum absolute atomic E-state index is 0.0103. The zero-order valence-corrected chi connectivity index (χ0v) is 11.6. The van der Waals surface area contributed by atoms with Gasteiger partial charge < -0.3 is 5.11 Å². The summed E-state index contributed by atoms with van der Waals surface area (Å²) in [5.74, 6) is -0.801. The molecule has 1 heterocycles. The largest absolute Gasteiger partial charge is 0.481 e.